The molecule has 2 aliphatic rings. The van der Waals surface area contributed by atoms with Crippen molar-refractivity contribution in [2.45, 2.75) is 38.0 Å². The topological polar surface area (TPSA) is 97.6 Å². The largest absolute Gasteiger partial charge is 0.373 e. The van der Waals surface area contributed by atoms with Crippen LogP contribution in [0.25, 0.3) is 0 Å². The predicted octanol–water partition coefficient (Wildman–Crippen LogP) is 1.55. The molecule has 1 aromatic carbocycles. The van der Waals surface area contributed by atoms with Crippen LogP contribution in [0.3, 0.4) is 0 Å². The van der Waals surface area contributed by atoms with Gasteiger partial charge in [-0.25, -0.2) is 10.6 Å². The number of ketones is 1. The smallest absolute Gasteiger partial charge is 0.325 e. The fourth-order valence-electron chi connectivity index (χ4n) is 4.56. The van der Waals surface area contributed by atoms with Crippen LogP contribution in [-0.4, -0.2) is 37.9 Å². The molecule has 2 saturated heterocycles. The van der Waals surface area contributed by atoms with Gasteiger partial charge in [0.05, 0.1) is 12.3 Å². The summed E-state index contributed by atoms with van der Waals surface area (Å²) in [6.07, 6.45) is 3.38. The Bertz CT molecular complexity index is 608. The molecule has 2 N–H and O–H groups in total. The fraction of sp³-hybridized carbons (Fsp3) is 0.600. The van der Waals surface area contributed by atoms with Gasteiger partial charge >= 0.3 is 5.97 Å². The van der Waals surface area contributed by atoms with Crippen LogP contribution in [0.2, 0.25) is 0 Å². The second-order valence-electron chi connectivity index (χ2n) is 7.29. The molecule has 2 fully saturated rings. The van der Waals surface area contributed by atoms with Gasteiger partial charge in [0.2, 0.25) is 0 Å². The summed E-state index contributed by atoms with van der Waals surface area (Å²) in [5.41, 5.74) is 0.429. The molecule has 26 heavy (non-hydrogen) atoms. The summed E-state index contributed by atoms with van der Waals surface area (Å²) >= 11 is 0. The number of hydrogen-bond donors (Lipinski definition) is 1. The van der Waals surface area contributed by atoms with E-state index in [9.17, 15) is 9.59 Å². The average molecular weight is 357 g/mol. The highest BCUT2D eigenvalue weighted by atomic mass is 16.7. The van der Waals surface area contributed by atoms with Crippen LogP contribution >= 0.6 is 0 Å². The third-order valence-electron chi connectivity index (χ3n) is 6.00. The van der Waals surface area contributed by atoms with Crippen LogP contribution in [0, 0.1) is 11.3 Å². The average Bonchev–Trinajstić information content (AvgIpc) is 2.73. The van der Waals surface area contributed by atoms with E-state index in [1.807, 2.05) is 30.3 Å². The first-order chi connectivity index (χ1) is 12.7. The quantitative estimate of drug-likeness (QED) is 0.781. The lowest BCUT2D eigenvalue weighted by Gasteiger charge is -2.45. The number of carbonyl (C=O) groups is 2. The van der Waals surface area contributed by atoms with E-state index < -0.39 is 17.3 Å². The SMILES string of the molecule is NOC(=O)CC(C(=O)C1(C2CC[N]CC2)CC[N]CC1)c1ccccc1. The normalized spacial score (nSPS) is 21.7. The van der Waals surface area contributed by atoms with Gasteiger partial charge in [0.1, 0.15) is 5.78 Å². The zero-order chi connectivity index (χ0) is 18.4. The molecular formula is C20H27N3O3. The molecule has 1 unspecified atom stereocenters. The monoisotopic (exact) mass is 357 g/mol. The summed E-state index contributed by atoms with van der Waals surface area (Å²) < 4.78 is 0. The van der Waals surface area contributed by atoms with Gasteiger partial charge in [0.15, 0.2) is 0 Å². The van der Waals surface area contributed by atoms with Gasteiger partial charge < -0.3 is 4.84 Å². The number of nitrogens with two attached hydrogens (primary N) is 1. The number of nitrogens with zero attached hydrogens (tertiary/aromatic N) is 2. The summed E-state index contributed by atoms with van der Waals surface area (Å²) in [6, 6.07) is 9.51. The van der Waals surface area contributed by atoms with Crippen molar-refractivity contribution in [3.8, 4) is 0 Å². The van der Waals surface area contributed by atoms with E-state index in [0.29, 0.717) is 19.0 Å². The summed E-state index contributed by atoms with van der Waals surface area (Å²) in [5.74, 6) is 4.44. The lowest BCUT2D eigenvalue weighted by molar-refractivity contribution is -0.148. The first kappa shape index (κ1) is 19.0. The molecule has 2 radical (unpaired) electrons. The van der Waals surface area contributed by atoms with Gasteiger partial charge in [-0.3, -0.25) is 9.59 Å². The highest BCUT2D eigenvalue weighted by Crippen LogP contribution is 2.46. The van der Waals surface area contributed by atoms with Gasteiger partial charge in [-0.05, 0) is 37.2 Å². The molecule has 0 aromatic heterocycles. The summed E-state index contributed by atoms with van der Waals surface area (Å²) in [4.78, 5) is 30.2. The minimum Gasteiger partial charge on any atom is -0.373 e. The molecule has 2 aliphatic heterocycles. The van der Waals surface area contributed by atoms with Gasteiger partial charge in [0, 0.05) is 31.6 Å². The first-order valence-electron chi connectivity index (χ1n) is 9.43. The van der Waals surface area contributed by atoms with E-state index in [1.54, 1.807) is 0 Å². The molecule has 1 aromatic rings. The summed E-state index contributed by atoms with van der Waals surface area (Å²) in [7, 11) is 0. The highest BCUT2D eigenvalue weighted by Gasteiger charge is 2.49. The second kappa shape index (κ2) is 8.75. The third kappa shape index (κ3) is 3.98. The van der Waals surface area contributed by atoms with Crippen molar-refractivity contribution >= 4 is 11.8 Å². The molecule has 0 aliphatic carbocycles. The Hall–Kier alpha value is -1.76. The Labute approximate surface area is 154 Å². The maximum atomic E-state index is 13.9. The van der Waals surface area contributed by atoms with Crippen LogP contribution in [0.5, 0.6) is 0 Å². The van der Waals surface area contributed by atoms with Crippen LogP contribution in [-0.2, 0) is 14.4 Å². The van der Waals surface area contributed by atoms with Gasteiger partial charge in [-0.2, -0.15) is 5.90 Å². The Morgan fingerprint density at radius 3 is 2.31 bits per heavy atom. The van der Waals surface area contributed by atoms with Gasteiger partial charge in [-0.15, -0.1) is 0 Å². The van der Waals surface area contributed by atoms with Crippen molar-refractivity contribution in [1.29, 1.82) is 0 Å². The van der Waals surface area contributed by atoms with Crippen LogP contribution < -0.4 is 16.5 Å². The molecular weight excluding hydrogens is 330 g/mol. The van der Waals surface area contributed by atoms with Crippen LogP contribution in [0.15, 0.2) is 30.3 Å². The minimum atomic E-state index is -0.554. The molecule has 0 saturated carbocycles. The van der Waals surface area contributed by atoms with Crippen molar-refractivity contribution < 1.29 is 14.4 Å². The Balaban J connectivity index is 1.94. The lowest BCUT2D eigenvalue weighted by Crippen LogP contribution is -2.49. The number of carbonyl (C=O) groups excluding carboxylic acids is 2. The third-order valence-corrected chi connectivity index (χ3v) is 6.00. The zero-order valence-electron chi connectivity index (χ0n) is 15.1. The molecule has 6 nitrogen and oxygen atoms in total. The van der Waals surface area contributed by atoms with Crippen LogP contribution in [0.4, 0.5) is 0 Å². The van der Waals surface area contributed by atoms with Gasteiger partial charge in [-0.1, -0.05) is 30.3 Å². The number of Topliss-reactive ketones (excluding diaryl/α,β-unsaturated/α-hetero) is 1. The van der Waals surface area contributed by atoms with Crippen molar-refractivity contribution in [2.75, 3.05) is 26.2 Å². The summed E-state index contributed by atoms with van der Waals surface area (Å²) in [5, 5.41) is 8.92. The molecule has 0 bridgehead atoms. The van der Waals surface area contributed by atoms with Crippen molar-refractivity contribution in [3.05, 3.63) is 35.9 Å². The Kier molecular flexibility index (Phi) is 6.40. The van der Waals surface area contributed by atoms with Crippen LogP contribution in [0.1, 0.15) is 43.6 Å². The van der Waals surface area contributed by atoms with Crippen molar-refractivity contribution in [3.63, 3.8) is 0 Å². The van der Waals surface area contributed by atoms with E-state index >= 15 is 0 Å². The molecule has 6 heteroatoms. The fourth-order valence-corrected chi connectivity index (χ4v) is 4.56. The van der Waals surface area contributed by atoms with E-state index in [-0.39, 0.29) is 12.2 Å². The second-order valence-corrected chi connectivity index (χ2v) is 7.29. The molecule has 0 spiro atoms. The lowest BCUT2D eigenvalue weighted by atomic mass is 9.60. The maximum Gasteiger partial charge on any atom is 0.325 e. The van der Waals surface area contributed by atoms with E-state index in [2.05, 4.69) is 15.5 Å². The molecule has 0 amide bonds. The van der Waals surface area contributed by atoms with Crippen molar-refractivity contribution in [2.24, 2.45) is 17.2 Å². The minimum absolute atomic E-state index is 0.0185. The number of hydrogen-bond acceptors (Lipinski definition) is 4. The molecule has 1 atom stereocenters. The number of benzene rings is 1. The maximum absolute atomic E-state index is 13.9. The molecule has 2 heterocycles. The van der Waals surface area contributed by atoms with Gasteiger partial charge in [0.25, 0.3) is 0 Å². The number of rotatable bonds is 6. The Morgan fingerprint density at radius 1 is 1.08 bits per heavy atom. The zero-order valence-corrected chi connectivity index (χ0v) is 15.1. The summed E-state index contributed by atoms with van der Waals surface area (Å²) in [6.45, 7) is 3.06. The number of piperidine rings is 2. The van der Waals surface area contributed by atoms with E-state index in [0.717, 1.165) is 44.3 Å². The van der Waals surface area contributed by atoms with E-state index in [4.69, 9.17) is 5.90 Å². The Morgan fingerprint density at radius 2 is 1.69 bits per heavy atom. The highest BCUT2D eigenvalue weighted by molar-refractivity contribution is 5.94. The van der Waals surface area contributed by atoms with Crippen molar-refractivity contribution in [1.82, 2.24) is 10.6 Å². The molecule has 3 rings (SSSR count). The first-order valence-corrected chi connectivity index (χ1v) is 9.43. The van der Waals surface area contributed by atoms with E-state index in [1.165, 1.54) is 0 Å². The molecule has 140 valence electrons. The predicted molar refractivity (Wildman–Crippen MR) is 97.2 cm³/mol. The standard InChI is InChI=1S/C20H27N3O3/c21-26-18(24)14-17(15-4-2-1-3-5-15)19(25)20(8-12-23-13-9-20)16-6-10-22-11-7-16/h1-5,16-17H,6-14,21H2.